The number of hydrogen-bond acceptors (Lipinski definition) is 3. The summed E-state index contributed by atoms with van der Waals surface area (Å²) in [5.41, 5.74) is 1.47. The first-order valence-corrected chi connectivity index (χ1v) is 11.3. The molecule has 1 aliphatic rings. The minimum absolute atomic E-state index is 0.000894. The van der Waals surface area contributed by atoms with E-state index < -0.39 is 11.6 Å². The number of carbonyl (C=O) groups excluding carboxylic acids is 1. The Kier molecular flexibility index (Phi) is 6.29. The van der Waals surface area contributed by atoms with Crippen molar-refractivity contribution in [1.29, 1.82) is 0 Å². The number of benzene rings is 2. The highest BCUT2D eigenvalue weighted by Gasteiger charge is 2.30. The van der Waals surface area contributed by atoms with E-state index >= 15 is 0 Å². The molecule has 0 radical (unpaired) electrons. The molecule has 2 amide bonds. The first-order chi connectivity index (χ1) is 14.8. The molecule has 4 N–H and O–H groups in total. The van der Waals surface area contributed by atoms with Crippen molar-refractivity contribution < 1.29 is 14.3 Å². The number of hydrogen-bond donors (Lipinski definition) is 4. The molecule has 0 unspecified atom stereocenters. The summed E-state index contributed by atoms with van der Waals surface area (Å²) >= 11 is 3.28. The average molecular weight is 489 g/mol. The van der Waals surface area contributed by atoms with Gasteiger partial charge in [0.05, 0.1) is 22.7 Å². The second-order valence-corrected chi connectivity index (χ2v) is 9.44. The van der Waals surface area contributed by atoms with Crippen LogP contribution in [0.15, 0.2) is 46.9 Å². The molecular formula is C23H26BrFN4O2. The van der Waals surface area contributed by atoms with Gasteiger partial charge in [-0.2, -0.15) is 0 Å². The van der Waals surface area contributed by atoms with Crippen LogP contribution in [0.5, 0.6) is 0 Å². The molecule has 4 rings (SSSR count). The summed E-state index contributed by atoms with van der Waals surface area (Å²) in [6.07, 6.45) is 2.99. The lowest BCUT2D eigenvalue weighted by atomic mass is 9.84. The van der Waals surface area contributed by atoms with Gasteiger partial charge in [0.25, 0.3) is 0 Å². The molecule has 1 aliphatic carbocycles. The van der Waals surface area contributed by atoms with Crippen molar-refractivity contribution in [3.63, 3.8) is 0 Å². The van der Waals surface area contributed by atoms with Crippen LogP contribution in [0, 0.1) is 5.82 Å². The van der Waals surface area contributed by atoms with Crippen LogP contribution in [0.2, 0.25) is 0 Å². The molecule has 1 atom stereocenters. The Morgan fingerprint density at radius 1 is 1.32 bits per heavy atom. The van der Waals surface area contributed by atoms with Crippen molar-refractivity contribution in [2.24, 2.45) is 0 Å². The second kappa shape index (κ2) is 8.96. The Morgan fingerprint density at radius 3 is 2.77 bits per heavy atom. The fraction of sp³-hybridized carbons (Fsp3) is 0.391. The smallest absolute Gasteiger partial charge is 0.315 e. The zero-order chi connectivity index (χ0) is 22.0. The van der Waals surface area contributed by atoms with Crippen LogP contribution in [-0.2, 0) is 6.42 Å². The number of urea groups is 1. The number of aliphatic hydroxyl groups is 1. The summed E-state index contributed by atoms with van der Waals surface area (Å²) < 4.78 is 15.2. The monoisotopic (exact) mass is 488 g/mol. The number of fused-ring (bicyclic) bond motifs is 1. The van der Waals surface area contributed by atoms with E-state index in [0.717, 1.165) is 23.9 Å². The zero-order valence-corrected chi connectivity index (χ0v) is 18.9. The molecule has 0 spiro atoms. The number of imidazole rings is 1. The number of H-pyrrole nitrogens is 1. The Hall–Kier alpha value is -2.45. The van der Waals surface area contributed by atoms with Gasteiger partial charge in [-0.3, -0.25) is 0 Å². The highest BCUT2D eigenvalue weighted by atomic mass is 79.9. The molecule has 0 bridgehead atoms. The molecule has 164 valence electrons. The number of carbonyl (C=O) groups is 1. The molecule has 1 aromatic heterocycles. The molecule has 0 aliphatic heterocycles. The number of nitrogens with one attached hydrogen (secondary N) is 3. The Bertz CT molecular complexity index is 1040. The number of aromatic nitrogens is 2. The van der Waals surface area contributed by atoms with Crippen LogP contribution in [-0.4, -0.2) is 32.7 Å². The second-order valence-electron chi connectivity index (χ2n) is 8.52. The van der Waals surface area contributed by atoms with Crippen molar-refractivity contribution in [3.8, 4) is 0 Å². The summed E-state index contributed by atoms with van der Waals surface area (Å²) in [4.78, 5) is 20.6. The van der Waals surface area contributed by atoms with Gasteiger partial charge in [0.1, 0.15) is 11.6 Å². The highest BCUT2D eigenvalue weighted by molar-refractivity contribution is 9.10. The summed E-state index contributed by atoms with van der Waals surface area (Å²) in [5.74, 6) is 0.234. The quantitative estimate of drug-likeness (QED) is 0.418. The number of halogens is 2. The molecule has 2 aromatic carbocycles. The maximum atomic E-state index is 14.5. The van der Waals surface area contributed by atoms with Crippen LogP contribution >= 0.6 is 15.9 Å². The molecule has 0 saturated heterocycles. The number of nitrogens with zero attached hydrogens (tertiary/aromatic N) is 1. The first-order valence-electron chi connectivity index (χ1n) is 10.5. The zero-order valence-electron chi connectivity index (χ0n) is 17.3. The Balaban J connectivity index is 1.52. The van der Waals surface area contributed by atoms with Crippen molar-refractivity contribution in [2.75, 3.05) is 0 Å². The van der Waals surface area contributed by atoms with Gasteiger partial charge in [-0.25, -0.2) is 14.2 Å². The van der Waals surface area contributed by atoms with E-state index in [1.807, 2.05) is 31.2 Å². The summed E-state index contributed by atoms with van der Waals surface area (Å²) in [6.45, 7) is 1.83. The van der Waals surface area contributed by atoms with Gasteiger partial charge < -0.3 is 20.7 Å². The van der Waals surface area contributed by atoms with E-state index in [0.29, 0.717) is 28.7 Å². The maximum Gasteiger partial charge on any atom is 0.315 e. The Labute approximate surface area is 188 Å². The van der Waals surface area contributed by atoms with Crippen molar-refractivity contribution in [1.82, 2.24) is 20.6 Å². The minimum atomic E-state index is -0.662. The van der Waals surface area contributed by atoms with E-state index in [-0.39, 0.29) is 24.3 Å². The van der Waals surface area contributed by atoms with Gasteiger partial charge in [-0.1, -0.05) is 34.1 Å². The van der Waals surface area contributed by atoms with E-state index in [2.05, 4.69) is 36.5 Å². The fourth-order valence-electron chi connectivity index (χ4n) is 4.03. The third kappa shape index (κ3) is 5.43. The molecule has 3 aromatic rings. The van der Waals surface area contributed by atoms with Crippen LogP contribution < -0.4 is 10.6 Å². The van der Waals surface area contributed by atoms with E-state index in [4.69, 9.17) is 0 Å². The van der Waals surface area contributed by atoms with E-state index in [1.54, 1.807) is 12.1 Å². The minimum Gasteiger partial charge on any atom is -0.390 e. The fourth-order valence-corrected chi connectivity index (χ4v) is 4.36. The van der Waals surface area contributed by atoms with Crippen LogP contribution in [0.3, 0.4) is 0 Å². The van der Waals surface area contributed by atoms with E-state index in [1.165, 1.54) is 6.07 Å². The van der Waals surface area contributed by atoms with Crippen molar-refractivity contribution >= 4 is 33.0 Å². The molecule has 6 nitrogen and oxygen atoms in total. The Morgan fingerprint density at radius 2 is 2.06 bits per heavy atom. The lowest BCUT2D eigenvalue weighted by molar-refractivity contribution is 0.0151. The van der Waals surface area contributed by atoms with Gasteiger partial charge in [0.15, 0.2) is 0 Å². The van der Waals surface area contributed by atoms with Crippen molar-refractivity contribution in [3.05, 3.63) is 64.1 Å². The molecule has 1 fully saturated rings. The third-order valence-electron chi connectivity index (χ3n) is 5.88. The molecule has 1 saturated carbocycles. The number of amides is 2. The molecular weight excluding hydrogens is 463 g/mol. The number of rotatable bonds is 5. The molecule has 1 heterocycles. The van der Waals surface area contributed by atoms with Gasteiger partial charge in [-0.15, -0.1) is 0 Å². The normalized spacial score (nSPS) is 22.3. The summed E-state index contributed by atoms with van der Waals surface area (Å²) in [6, 6.07) is 11.7. The standard InChI is InChI=1S/C23H26BrFN4O2/c1-23(31)10-8-16(9-11-23)26-22(30)29-20(12-14-6-7-15(24)13-17(14)25)21-27-18-4-2-3-5-19(18)28-21/h2-7,13,16,20,31H,8-12H2,1H3,(H,27,28)(H2,26,29,30)/t16?,20-,23?/m1/s1. The highest BCUT2D eigenvalue weighted by Crippen LogP contribution is 2.28. The topological polar surface area (TPSA) is 90.0 Å². The first kappa shape index (κ1) is 21.8. The van der Waals surface area contributed by atoms with Gasteiger partial charge in [0.2, 0.25) is 0 Å². The SMILES string of the molecule is CC1(O)CCC(NC(=O)N[C@H](Cc2ccc(Br)cc2F)c2nc3ccccc3[nH]2)CC1. The van der Waals surface area contributed by atoms with Gasteiger partial charge in [0, 0.05) is 16.9 Å². The van der Waals surface area contributed by atoms with Crippen LogP contribution in [0.1, 0.15) is 50.0 Å². The lowest BCUT2D eigenvalue weighted by Gasteiger charge is -2.33. The molecule has 31 heavy (non-hydrogen) atoms. The largest absolute Gasteiger partial charge is 0.390 e. The average Bonchev–Trinajstić information content (AvgIpc) is 3.15. The summed E-state index contributed by atoms with van der Waals surface area (Å²) in [5, 5.41) is 16.1. The van der Waals surface area contributed by atoms with Gasteiger partial charge >= 0.3 is 6.03 Å². The third-order valence-corrected chi connectivity index (χ3v) is 6.37. The maximum absolute atomic E-state index is 14.5. The number of aromatic amines is 1. The summed E-state index contributed by atoms with van der Waals surface area (Å²) in [7, 11) is 0. The van der Waals surface area contributed by atoms with Crippen molar-refractivity contribution in [2.45, 2.75) is 56.7 Å². The van der Waals surface area contributed by atoms with E-state index in [9.17, 15) is 14.3 Å². The molecule has 8 heteroatoms. The van der Waals surface area contributed by atoms with Gasteiger partial charge in [-0.05, 0) is 62.4 Å². The van der Waals surface area contributed by atoms with Crippen LogP contribution in [0.25, 0.3) is 11.0 Å². The predicted molar refractivity (Wildman–Crippen MR) is 121 cm³/mol. The van der Waals surface area contributed by atoms with Crippen LogP contribution in [0.4, 0.5) is 9.18 Å². The predicted octanol–water partition coefficient (Wildman–Crippen LogP) is 4.74. The lowest BCUT2D eigenvalue weighted by Crippen LogP contribution is -2.47. The number of para-hydroxylation sites is 2.